The summed E-state index contributed by atoms with van der Waals surface area (Å²) in [7, 11) is 0. The third kappa shape index (κ3) is 4.86. The summed E-state index contributed by atoms with van der Waals surface area (Å²) in [6, 6.07) is 7.94. The number of nitrogens with zero attached hydrogens (tertiary/aromatic N) is 4. The van der Waals surface area contributed by atoms with Gasteiger partial charge in [-0.1, -0.05) is 11.8 Å². The Morgan fingerprint density at radius 3 is 2.59 bits per heavy atom. The average Bonchev–Trinajstić information content (AvgIpc) is 3.50. The van der Waals surface area contributed by atoms with Crippen molar-refractivity contribution in [1.82, 2.24) is 14.8 Å². The molecular weight excluding hydrogens is 386 g/mol. The van der Waals surface area contributed by atoms with E-state index in [-0.39, 0.29) is 11.2 Å². The number of carbonyl (C=O) groups excluding carboxylic acids is 1. The molecule has 1 amide bonds. The molecule has 1 atom stereocenters. The van der Waals surface area contributed by atoms with E-state index in [2.05, 4.69) is 25.0 Å². The van der Waals surface area contributed by atoms with Gasteiger partial charge in [0.25, 0.3) is 0 Å². The van der Waals surface area contributed by atoms with E-state index in [4.69, 9.17) is 4.74 Å². The molecule has 1 saturated carbocycles. The smallest absolute Gasteiger partial charge is 0.237 e. The van der Waals surface area contributed by atoms with E-state index in [1.807, 2.05) is 38.1 Å². The molecule has 2 aromatic rings. The largest absolute Gasteiger partial charge is 0.494 e. The summed E-state index contributed by atoms with van der Waals surface area (Å²) in [5.41, 5.74) is 0.767. The van der Waals surface area contributed by atoms with Gasteiger partial charge in [0.05, 0.1) is 11.9 Å². The van der Waals surface area contributed by atoms with Crippen molar-refractivity contribution in [3.8, 4) is 5.75 Å². The summed E-state index contributed by atoms with van der Waals surface area (Å²) in [5, 5.41) is 12.5. The highest BCUT2D eigenvalue weighted by atomic mass is 32.2. The molecule has 0 bridgehead atoms. The molecule has 0 spiro atoms. The van der Waals surface area contributed by atoms with Crippen LogP contribution in [0.15, 0.2) is 29.4 Å². The van der Waals surface area contributed by atoms with E-state index in [9.17, 15) is 4.79 Å². The number of thioether (sulfide) groups is 1. The van der Waals surface area contributed by atoms with Crippen molar-refractivity contribution in [3.05, 3.63) is 24.3 Å². The molecule has 1 saturated heterocycles. The lowest BCUT2D eigenvalue weighted by molar-refractivity contribution is -0.115. The Balaban J connectivity index is 1.41. The van der Waals surface area contributed by atoms with Gasteiger partial charge in [-0.3, -0.25) is 9.36 Å². The highest BCUT2D eigenvalue weighted by Gasteiger charge is 2.33. The summed E-state index contributed by atoms with van der Waals surface area (Å²) in [6.45, 7) is 6.58. The molecule has 7 nitrogen and oxygen atoms in total. The molecule has 1 unspecified atom stereocenters. The van der Waals surface area contributed by atoms with Crippen molar-refractivity contribution in [3.63, 3.8) is 0 Å². The van der Waals surface area contributed by atoms with Gasteiger partial charge >= 0.3 is 0 Å². The van der Waals surface area contributed by atoms with Gasteiger partial charge < -0.3 is 15.0 Å². The first-order valence-corrected chi connectivity index (χ1v) is 11.4. The number of carbonyl (C=O) groups is 1. The molecule has 1 aliphatic heterocycles. The Morgan fingerprint density at radius 1 is 1.21 bits per heavy atom. The molecule has 1 aromatic carbocycles. The zero-order valence-corrected chi connectivity index (χ0v) is 18.0. The summed E-state index contributed by atoms with van der Waals surface area (Å²) in [4.78, 5) is 15.1. The van der Waals surface area contributed by atoms with Gasteiger partial charge in [0, 0.05) is 24.8 Å². The molecular formula is C21H29N5O2S. The molecule has 29 heavy (non-hydrogen) atoms. The van der Waals surface area contributed by atoms with Crippen molar-refractivity contribution >= 4 is 29.3 Å². The van der Waals surface area contributed by atoms with Crippen LogP contribution in [0, 0.1) is 0 Å². The van der Waals surface area contributed by atoms with Crippen molar-refractivity contribution < 1.29 is 9.53 Å². The molecule has 4 rings (SSSR count). The van der Waals surface area contributed by atoms with Crippen LogP contribution < -0.4 is 15.0 Å². The molecule has 1 aromatic heterocycles. The predicted molar refractivity (Wildman–Crippen MR) is 116 cm³/mol. The Hall–Kier alpha value is -2.22. The molecule has 1 N–H and O–H groups in total. The van der Waals surface area contributed by atoms with Crippen molar-refractivity contribution in [2.24, 2.45) is 0 Å². The van der Waals surface area contributed by atoms with Crippen LogP contribution in [-0.4, -0.2) is 45.6 Å². The van der Waals surface area contributed by atoms with Gasteiger partial charge in [0.2, 0.25) is 11.9 Å². The second-order valence-corrected chi connectivity index (χ2v) is 8.95. The van der Waals surface area contributed by atoms with Gasteiger partial charge in [-0.15, -0.1) is 10.2 Å². The zero-order valence-electron chi connectivity index (χ0n) is 17.1. The Bertz CT molecular complexity index is 828. The minimum Gasteiger partial charge on any atom is -0.494 e. The number of benzene rings is 1. The van der Waals surface area contributed by atoms with Gasteiger partial charge in [0.15, 0.2) is 5.16 Å². The van der Waals surface area contributed by atoms with Crippen LogP contribution in [0.2, 0.25) is 0 Å². The second-order valence-electron chi connectivity index (χ2n) is 7.64. The Kier molecular flexibility index (Phi) is 6.28. The van der Waals surface area contributed by atoms with Gasteiger partial charge in [0.1, 0.15) is 5.75 Å². The lowest BCUT2D eigenvalue weighted by atomic mass is 10.1. The third-order valence-electron chi connectivity index (χ3n) is 5.28. The van der Waals surface area contributed by atoms with Gasteiger partial charge in [-0.2, -0.15) is 0 Å². The first-order valence-electron chi connectivity index (χ1n) is 10.6. The second kappa shape index (κ2) is 9.07. The maximum Gasteiger partial charge on any atom is 0.237 e. The molecule has 2 heterocycles. The van der Waals surface area contributed by atoms with Crippen LogP contribution in [0.3, 0.4) is 0 Å². The van der Waals surface area contributed by atoms with Crippen molar-refractivity contribution in [2.75, 3.05) is 29.9 Å². The molecule has 156 valence electrons. The number of rotatable bonds is 8. The Labute approximate surface area is 176 Å². The number of nitrogens with one attached hydrogen (secondary N) is 1. The Morgan fingerprint density at radius 2 is 1.93 bits per heavy atom. The van der Waals surface area contributed by atoms with Crippen LogP contribution in [0.25, 0.3) is 0 Å². The van der Waals surface area contributed by atoms with Gasteiger partial charge in [-0.25, -0.2) is 0 Å². The van der Waals surface area contributed by atoms with E-state index in [1.54, 1.807) is 0 Å². The van der Waals surface area contributed by atoms with Gasteiger partial charge in [-0.05, 0) is 70.2 Å². The molecule has 2 aliphatic rings. The van der Waals surface area contributed by atoms with Crippen molar-refractivity contribution in [2.45, 2.75) is 62.4 Å². The first-order chi connectivity index (χ1) is 14.2. The molecule has 8 heteroatoms. The third-order valence-corrected chi connectivity index (χ3v) is 6.34. The summed E-state index contributed by atoms with van der Waals surface area (Å²) in [6.07, 6.45) is 6.04. The fourth-order valence-corrected chi connectivity index (χ4v) is 4.48. The van der Waals surface area contributed by atoms with E-state index < -0.39 is 0 Å². The molecule has 0 radical (unpaired) electrons. The number of anilines is 2. The zero-order chi connectivity index (χ0) is 20.2. The first kappa shape index (κ1) is 20.1. The lowest BCUT2D eigenvalue weighted by Gasteiger charge is -2.28. The maximum atomic E-state index is 12.7. The number of amides is 1. The number of aromatic nitrogens is 3. The fraction of sp³-hybridized carbons (Fsp3) is 0.571. The molecule has 2 fully saturated rings. The monoisotopic (exact) mass is 415 g/mol. The minimum atomic E-state index is -0.266. The maximum absolute atomic E-state index is 12.7. The number of ether oxygens (including phenoxy) is 1. The number of hydrogen-bond donors (Lipinski definition) is 1. The average molecular weight is 416 g/mol. The lowest BCUT2D eigenvalue weighted by Crippen LogP contribution is -2.32. The van der Waals surface area contributed by atoms with Crippen LogP contribution in [-0.2, 0) is 4.79 Å². The van der Waals surface area contributed by atoms with Crippen LogP contribution in [0.5, 0.6) is 5.75 Å². The SMILES string of the molecule is CCOc1ccc(NC(=O)C(C)Sc2nnc(N3CCCCC3)n2C2CC2)cc1. The topological polar surface area (TPSA) is 72.3 Å². The highest BCUT2D eigenvalue weighted by Crippen LogP contribution is 2.42. The van der Waals surface area contributed by atoms with E-state index >= 15 is 0 Å². The summed E-state index contributed by atoms with van der Waals surface area (Å²) in [5.74, 6) is 1.74. The van der Waals surface area contributed by atoms with E-state index in [0.29, 0.717) is 12.6 Å². The van der Waals surface area contributed by atoms with Crippen LogP contribution in [0.4, 0.5) is 11.6 Å². The van der Waals surface area contributed by atoms with Crippen LogP contribution >= 0.6 is 11.8 Å². The standard InChI is InChI=1S/C21H29N5O2S/c1-3-28-18-11-7-16(8-12-18)22-19(27)15(2)29-21-24-23-20(26(21)17-9-10-17)25-13-5-4-6-14-25/h7-8,11-12,15,17H,3-6,9-10,13-14H2,1-2H3,(H,22,27). The quantitative estimate of drug-likeness (QED) is 0.654. The fourth-order valence-electron chi connectivity index (χ4n) is 3.57. The van der Waals surface area contributed by atoms with E-state index in [0.717, 1.165) is 35.6 Å². The molecule has 1 aliphatic carbocycles. The highest BCUT2D eigenvalue weighted by molar-refractivity contribution is 8.00. The summed E-state index contributed by atoms with van der Waals surface area (Å²) >= 11 is 1.49. The number of hydrogen-bond acceptors (Lipinski definition) is 6. The minimum absolute atomic E-state index is 0.0379. The number of piperidine rings is 1. The van der Waals surface area contributed by atoms with Crippen LogP contribution in [0.1, 0.15) is 52.0 Å². The normalized spacial score (nSPS) is 17.8. The van der Waals surface area contributed by atoms with Crippen molar-refractivity contribution in [1.29, 1.82) is 0 Å². The van der Waals surface area contributed by atoms with E-state index in [1.165, 1.54) is 43.9 Å². The predicted octanol–water partition coefficient (Wildman–Crippen LogP) is 4.12. The summed E-state index contributed by atoms with van der Waals surface area (Å²) < 4.78 is 7.71.